The van der Waals surface area contributed by atoms with Crippen LogP contribution in [0.25, 0.3) is 0 Å². The number of nitrogens with zero attached hydrogens (tertiary/aromatic N) is 1. The van der Waals surface area contributed by atoms with Gasteiger partial charge in [0.2, 0.25) is 5.28 Å². The molecule has 0 aromatic heterocycles. The maximum Gasteiger partial charge on any atom is 0.378 e. The molecule has 0 bridgehead atoms. The van der Waals surface area contributed by atoms with Crippen molar-refractivity contribution in [2.45, 2.75) is 141 Å². The van der Waals surface area contributed by atoms with E-state index in [4.69, 9.17) is 0 Å². The van der Waals surface area contributed by atoms with Gasteiger partial charge in [-0.15, -0.1) is 0 Å². The van der Waals surface area contributed by atoms with Crippen LogP contribution in [-0.4, -0.2) is 30.9 Å². The Morgan fingerprint density at radius 3 is 1.35 bits per heavy atom. The molecule has 0 saturated carbocycles. The first kappa shape index (κ1) is 30.6. The van der Waals surface area contributed by atoms with Crippen LogP contribution < -0.4 is 0 Å². The molecule has 0 amide bonds. The summed E-state index contributed by atoms with van der Waals surface area (Å²) in [4.78, 5) is 0. The molecule has 4 heteroatoms. The fourth-order valence-electron chi connectivity index (χ4n) is 4.64. The average Bonchev–Trinajstić information content (AvgIpc) is 2.71. The second kappa shape index (κ2) is 19.1. The third-order valence-electron chi connectivity index (χ3n) is 6.99. The molecule has 184 valence electrons. The highest BCUT2D eigenvalue weighted by Crippen LogP contribution is 2.42. The van der Waals surface area contributed by atoms with Crippen molar-refractivity contribution in [2.24, 2.45) is 0 Å². The maximum atomic E-state index is 11.9. The van der Waals surface area contributed by atoms with Gasteiger partial charge in [-0.25, -0.2) is 9.13 Å². The molecule has 0 aliphatic rings. The molecule has 0 spiro atoms. The zero-order chi connectivity index (χ0) is 23.4. The molecule has 0 heterocycles. The molecule has 31 heavy (non-hydrogen) atoms. The molecule has 0 aliphatic heterocycles. The molecule has 0 saturated heterocycles. The Kier molecular flexibility index (Phi) is 18.9. The van der Waals surface area contributed by atoms with Crippen molar-refractivity contribution in [1.82, 2.24) is 0 Å². The summed E-state index contributed by atoms with van der Waals surface area (Å²) in [7, 11) is 3.58. The smallest absolute Gasteiger partial charge is 0.314 e. The Morgan fingerprint density at radius 2 is 1.00 bits per heavy atom. The number of quaternary nitrogens is 1. The first-order valence-electron chi connectivity index (χ1n) is 13.4. The topological polar surface area (TPSA) is 34.1 Å². The largest absolute Gasteiger partial charge is 0.378 e. The lowest BCUT2D eigenvalue weighted by Crippen LogP contribution is -2.53. The molecule has 0 aliphatic carbocycles. The van der Waals surface area contributed by atoms with Crippen LogP contribution in [0.4, 0.5) is 0 Å². The second-order valence-corrected chi connectivity index (χ2v) is 11.7. The van der Waals surface area contributed by atoms with Crippen molar-refractivity contribution in [3.05, 3.63) is 12.2 Å². The molecular weight excluding hydrogens is 401 g/mol. The lowest BCUT2D eigenvalue weighted by atomic mass is 10.0. The fourth-order valence-corrected chi connectivity index (χ4v) is 5.73. The van der Waals surface area contributed by atoms with Crippen LogP contribution in [0, 0.1) is 0 Å². The molecule has 1 unspecified atom stereocenters. The summed E-state index contributed by atoms with van der Waals surface area (Å²) < 4.78 is 24.4. The first-order valence-corrected chi connectivity index (χ1v) is 14.6. The number of hydrogen-bond acceptors (Lipinski definition) is 2. The fraction of sp³-hybridized carbons (Fsp3) is 0.926. The van der Waals surface area contributed by atoms with E-state index in [0.29, 0.717) is 10.9 Å². The van der Waals surface area contributed by atoms with Crippen LogP contribution in [0.5, 0.6) is 0 Å². The summed E-state index contributed by atoms with van der Waals surface area (Å²) >= 11 is 0. The summed E-state index contributed by atoms with van der Waals surface area (Å²) in [5.41, 5.74) is 0. The molecule has 0 fully saturated rings. The van der Waals surface area contributed by atoms with Gasteiger partial charge < -0.3 is 4.48 Å². The van der Waals surface area contributed by atoms with E-state index < -0.39 is 13.0 Å². The summed E-state index contributed by atoms with van der Waals surface area (Å²) in [6.45, 7) is 4.29. The summed E-state index contributed by atoms with van der Waals surface area (Å²) in [5.74, 6) is 0. The lowest BCUT2D eigenvalue weighted by Gasteiger charge is -2.40. The standard InChI is InChI=1S/C27H55NO2P/c1-6-8-9-10-11-12-13-14-15-16-17-18-19-20-21-22-23-24-25-26-27(7-2,31(29)30)28(3,4)5/h21-22H,6-20,23-26H2,1-5H3/q+1. The second-order valence-electron chi connectivity index (χ2n) is 10.4. The van der Waals surface area contributed by atoms with Gasteiger partial charge in [-0.1, -0.05) is 103 Å². The van der Waals surface area contributed by atoms with Crippen molar-refractivity contribution >= 4 is 7.68 Å². The molecule has 0 N–H and O–H groups in total. The molecule has 0 aromatic carbocycles. The molecule has 0 aromatic rings. The zero-order valence-corrected chi connectivity index (χ0v) is 22.7. The summed E-state index contributed by atoms with van der Waals surface area (Å²) in [6, 6.07) is 0. The monoisotopic (exact) mass is 456 g/mol. The first-order chi connectivity index (χ1) is 14.8. The van der Waals surface area contributed by atoms with Crippen molar-refractivity contribution in [3.63, 3.8) is 0 Å². The average molecular weight is 457 g/mol. The minimum Gasteiger partial charge on any atom is -0.314 e. The van der Waals surface area contributed by atoms with Crippen LogP contribution in [0.15, 0.2) is 12.2 Å². The van der Waals surface area contributed by atoms with Crippen LogP contribution in [0.3, 0.4) is 0 Å². The van der Waals surface area contributed by atoms with E-state index in [9.17, 15) is 9.13 Å². The number of rotatable bonds is 22. The van der Waals surface area contributed by atoms with Gasteiger partial charge in [-0.3, -0.25) is 0 Å². The predicted octanol–water partition coefficient (Wildman–Crippen LogP) is 9.57. The van der Waals surface area contributed by atoms with E-state index in [2.05, 4.69) is 19.1 Å². The minimum atomic E-state index is -2.43. The SMILES string of the molecule is CCCCCCCCCCCCCCCC=CCCCCC(CC)(P(=O)=O)[N+](C)(C)C. The van der Waals surface area contributed by atoms with Crippen molar-refractivity contribution in [3.8, 4) is 0 Å². The molecule has 0 rings (SSSR count). The van der Waals surface area contributed by atoms with Crippen LogP contribution in [0.1, 0.15) is 136 Å². The molecule has 1 atom stereocenters. The van der Waals surface area contributed by atoms with Gasteiger partial charge in [0, 0.05) is 12.8 Å². The quantitative estimate of drug-likeness (QED) is 0.0703. The van der Waals surface area contributed by atoms with E-state index in [1.54, 1.807) is 0 Å². The van der Waals surface area contributed by atoms with Gasteiger partial charge in [-0.2, -0.15) is 0 Å². The Balaban J connectivity index is 3.58. The van der Waals surface area contributed by atoms with Crippen molar-refractivity contribution < 1.29 is 13.6 Å². The van der Waals surface area contributed by atoms with Crippen LogP contribution >= 0.6 is 7.68 Å². The lowest BCUT2D eigenvalue weighted by molar-refractivity contribution is -0.908. The van der Waals surface area contributed by atoms with Crippen molar-refractivity contribution in [1.29, 1.82) is 0 Å². The van der Waals surface area contributed by atoms with E-state index >= 15 is 0 Å². The highest BCUT2D eigenvalue weighted by atomic mass is 31.1. The van der Waals surface area contributed by atoms with Gasteiger partial charge >= 0.3 is 7.68 Å². The van der Waals surface area contributed by atoms with Crippen molar-refractivity contribution in [2.75, 3.05) is 21.1 Å². The number of unbranched alkanes of at least 4 members (excludes halogenated alkanes) is 15. The number of allylic oxidation sites excluding steroid dienone is 2. The van der Waals surface area contributed by atoms with E-state index in [-0.39, 0.29) is 0 Å². The Morgan fingerprint density at radius 1 is 0.613 bits per heavy atom. The Labute approximate surface area is 195 Å². The molecule has 3 nitrogen and oxygen atoms in total. The highest BCUT2D eigenvalue weighted by Gasteiger charge is 2.46. The zero-order valence-electron chi connectivity index (χ0n) is 21.8. The van der Waals surface area contributed by atoms with Gasteiger partial charge in [0.05, 0.1) is 21.1 Å². The highest BCUT2D eigenvalue weighted by molar-refractivity contribution is 7.32. The van der Waals surface area contributed by atoms with Crippen LogP contribution in [-0.2, 0) is 9.13 Å². The van der Waals surface area contributed by atoms with E-state index in [1.165, 1.54) is 89.9 Å². The summed E-state index contributed by atoms with van der Waals surface area (Å²) in [6.07, 6.45) is 28.7. The number of hydrogen-bond donors (Lipinski definition) is 0. The van der Waals surface area contributed by atoms with E-state index in [1.807, 2.05) is 28.1 Å². The van der Waals surface area contributed by atoms with Gasteiger partial charge in [0.1, 0.15) is 0 Å². The van der Waals surface area contributed by atoms with Gasteiger partial charge in [0.15, 0.2) is 0 Å². The van der Waals surface area contributed by atoms with E-state index in [0.717, 1.165) is 25.7 Å². The third kappa shape index (κ3) is 14.4. The molecular formula is C27H55NO2P+. The van der Waals surface area contributed by atoms with Gasteiger partial charge in [0.25, 0.3) is 0 Å². The van der Waals surface area contributed by atoms with Gasteiger partial charge in [-0.05, 0) is 32.1 Å². The molecule has 0 radical (unpaired) electrons. The Bertz CT molecular complexity index is 500. The minimum absolute atomic E-state index is 0.497. The summed E-state index contributed by atoms with van der Waals surface area (Å²) in [5, 5.41) is -0.617. The predicted molar refractivity (Wildman–Crippen MR) is 137 cm³/mol. The third-order valence-corrected chi connectivity index (χ3v) is 8.81. The maximum absolute atomic E-state index is 11.9. The van der Waals surface area contributed by atoms with Crippen LogP contribution in [0.2, 0.25) is 0 Å². The normalized spacial score (nSPS) is 14.2. The Hall–Kier alpha value is -0.400.